The van der Waals surface area contributed by atoms with Gasteiger partial charge >= 0.3 is 0 Å². The normalized spacial score (nSPS) is 9.33. The Labute approximate surface area is 121 Å². The van der Waals surface area contributed by atoms with Crippen molar-refractivity contribution in [3.63, 3.8) is 0 Å². The number of aromatic nitrogens is 1. The van der Waals surface area contributed by atoms with Gasteiger partial charge in [0.1, 0.15) is 0 Å². The molecule has 2 aromatic carbocycles. The van der Waals surface area contributed by atoms with Gasteiger partial charge in [-0.25, -0.2) is 0 Å². The predicted molar refractivity (Wildman–Crippen MR) is 72.4 cm³/mol. The van der Waals surface area contributed by atoms with Gasteiger partial charge in [-0.15, -0.1) is 35.9 Å². The van der Waals surface area contributed by atoms with Crippen molar-refractivity contribution < 1.29 is 20.1 Å². The molecule has 93 valence electrons. The summed E-state index contributed by atoms with van der Waals surface area (Å²) in [7, 11) is 0. The van der Waals surface area contributed by atoms with E-state index in [-0.39, 0.29) is 27.5 Å². The molecule has 3 rings (SSSR count). The maximum absolute atomic E-state index is 4.45. The van der Waals surface area contributed by atoms with Gasteiger partial charge in [0.05, 0.1) is 0 Å². The van der Waals surface area contributed by atoms with E-state index in [1.807, 2.05) is 48.7 Å². The molecule has 0 amide bonds. The van der Waals surface area contributed by atoms with Crippen molar-refractivity contribution in [3.05, 3.63) is 74.3 Å². The molecular weight excluding hydrogens is 398 g/mol. The van der Waals surface area contributed by atoms with Crippen LogP contribution in [0.4, 0.5) is 0 Å². The van der Waals surface area contributed by atoms with E-state index in [0.717, 1.165) is 11.3 Å². The second-order valence-electron chi connectivity index (χ2n) is 3.66. The van der Waals surface area contributed by atoms with Gasteiger partial charge < -0.3 is 12.4 Å². The van der Waals surface area contributed by atoms with Crippen molar-refractivity contribution in [2.75, 3.05) is 0 Å². The molecule has 0 unspecified atom stereocenters. The van der Waals surface area contributed by atoms with Crippen LogP contribution in [0.3, 0.4) is 0 Å². The summed E-state index contributed by atoms with van der Waals surface area (Å²) in [4.78, 5) is 4.45. The van der Waals surface area contributed by atoms with Gasteiger partial charge in [-0.3, -0.25) is 0 Å². The molecular formula is C16H13IrN-2. The SMILES string of the molecule is [CH3-].[Ir].[c-]1ccccc1-c1nccc2ccccc12. The minimum atomic E-state index is 0. The summed E-state index contributed by atoms with van der Waals surface area (Å²) in [6.07, 6.45) is 1.85. The minimum Gasteiger partial charge on any atom is -0.358 e. The van der Waals surface area contributed by atoms with E-state index >= 15 is 0 Å². The third kappa shape index (κ3) is 2.66. The molecule has 0 aliphatic carbocycles. The summed E-state index contributed by atoms with van der Waals surface area (Å²) in [6, 6.07) is 21.4. The smallest absolute Gasteiger partial charge is 0.0167 e. The maximum Gasteiger partial charge on any atom is 0.0167 e. The predicted octanol–water partition coefficient (Wildman–Crippen LogP) is 4.15. The molecule has 0 bridgehead atoms. The summed E-state index contributed by atoms with van der Waals surface area (Å²) in [5.41, 5.74) is 2.04. The molecule has 0 saturated heterocycles. The molecule has 1 nitrogen and oxygen atoms in total. The second kappa shape index (κ2) is 6.44. The van der Waals surface area contributed by atoms with Crippen molar-refractivity contribution >= 4 is 10.8 Å². The zero-order chi connectivity index (χ0) is 10.8. The van der Waals surface area contributed by atoms with Crippen LogP contribution in [0.1, 0.15) is 0 Å². The Morgan fingerprint density at radius 3 is 2.44 bits per heavy atom. The third-order valence-corrected chi connectivity index (χ3v) is 2.64. The molecule has 18 heavy (non-hydrogen) atoms. The van der Waals surface area contributed by atoms with Crippen LogP contribution >= 0.6 is 0 Å². The fourth-order valence-electron chi connectivity index (χ4n) is 1.87. The first kappa shape index (κ1) is 14.6. The summed E-state index contributed by atoms with van der Waals surface area (Å²) < 4.78 is 0. The van der Waals surface area contributed by atoms with Crippen molar-refractivity contribution in [2.24, 2.45) is 0 Å². The Hall–Kier alpha value is -1.50. The van der Waals surface area contributed by atoms with E-state index in [9.17, 15) is 0 Å². The fraction of sp³-hybridized carbons (Fsp3) is 0. The monoisotopic (exact) mass is 412 g/mol. The molecule has 1 radical (unpaired) electrons. The number of hydrogen-bond acceptors (Lipinski definition) is 1. The number of benzene rings is 2. The quantitative estimate of drug-likeness (QED) is 0.548. The average Bonchev–Trinajstić information content (AvgIpc) is 2.39. The van der Waals surface area contributed by atoms with Gasteiger partial charge in [-0.1, -0.05) is 24.3 Å². The van der Waals surface area contributed by atoms with E-state index in [4.69, 9.17) is 0 Å². The van der Waals surface area contributed by atoms with Crippen molar-refractivity contribution in [2.45, 2.75) is 0 Å². The Balaban J connectivity index is 0.000000810. The van der Waals surface area contributed by atoms with Crippen LogP contribution in [0, 0.1) is 13.5 Å². The Bertz CT molecular complexity index is 615. The fourth-order valence-corrected chi connectivity index (χ4v) is 1.87. The number of pyridine rings is 1. The first-order valence-corrected chi connectivity index (χ1v) is 5.26. The molecule has 2 heteroatoms. The minimum absolute atomic E-state index is 0. The number of rotatable bonds is 1. The Kier molecular flexibility index (Phi) is 5.21. The van der Waals surface area contributed by atoms with E-state index in [1.54, 1.807) is 0 Å². The first-order valence-electron chi connectivity index (χ1n) is 5.26. The third-order valence-electron chi connectivity index (χ3n) is 2.64. The maximum atomic E-state index is 4.45. The summed E-state index contributed by atoms with van der Waals surface area (Å²) >= 11 is 0. The molecule has 0 spiro atoms. The van der Waals surface area contributed by atoms with E-state index in [0.29, 0.717) is 0 Å². The molecule has 0 aliphatic rings. The van der Waals surface area contributed by atoms with Crippen molar-refractivity contribution in [1.29, 1.82) is 0 Å². The summed E-state index contributed by atoms with van der Waals surface area (Å²) in [5.74, 6) is 0. The molecule has 0 N–H and O–H groups in total. The zero-order valence-electron chi connectivity index (χ0n) is 10.1. The average molecular weight is 412 g/mol. The molecule has 3 aromatic rings. The second-order valence-corrected chi connectivity index (χ2v) is 3.66. The molecule has 1 aromatic heterocycles. The Morgan fingerprint density at radius 1 is 0.889 bits per heavy atom. The van der Waals surface area contributed by atoms with Gasteiger partial charge in [0.2, 0.25) is 0 Å². The van der Waals surface area contributed by atoms with Crippen LogP contribution in [0.5, 0.6) is 0 Å². The van der Waals surface area contributed by atoms with Crippen LogP contribution in [0.2, 0.25) is 0 Å². The standard InChI is InChI=1S/C15H10N.CH3.Ir/c1-2-7-13(8-3-1)15-14-9-5-4-6-12(14)10-11-16-15;;/h1-7,9-11H;1H3;/q2*-1;. The van der Waals surface area contributed by atoms with Gasteiger partial charge in [0.25, 0.3) is 0 Å². The molecule has 0 aliphatic heterocycles. The zero-order valence-corrected chi connectivity index (χ0v) is 12.4. The van der Waals surface area contributed by atoms with Crippen molar-refractivity contribution in [1.82, 2.24) is 4.98 Å². The van der Waals surface area contributed by atoms with E-state index in [1.165, 1.54) is 10.8 Å². The topological polar surface area (TPSA) is 12.9 Å². The van der Waals surface area contributed by atoms with E-state index < -0.39 is 0 Å². The van der Waals surface area contributed by atoms with Crippen LogP contribution in [0.15, 0.2) is 60.8 Å². The van der Waals surface area contributed by atoms with Crippen LogP contribution in [0.25, 0.3) is 22.0 Å². The van der Waals surface area contributed by atoms with Crippen molar-refractivity contribution in [3.8, 4) is 11.3 Å². The molecule has 0 saturated carbocycles. The van der Waals surface area contributed by atoms with Crippen LogP contribution in [-0.4, -0.2) is 4.98 Å². The molecule has 0 fully saturated rings. The molecule has 1 heterocycles. The van der Waals surface area contributed by atoms with Gasteiger partial charge in [0, 0.05) is 26.3 Å². The van der Waals surface area contributed by atoms with Crippen LogP contribution in [-0.2, 0) is 20.1 Å². The summed E-state index contributed by atoms with van der Waals surface area (Å²) in [5, 5.41) is 2.39. The summed E-state index contributed by atoms with van der Waals surface area (Å²) in [6.45, 7) is 0. The largest absolute Gasteiger partial charge is 0.358 e. The van der Waals surface area contributed by atoms with Gasteiger partial charge in [-0.05, 0) is 22.5 Å². The van der Waals surface area contributed by atoms with Crippen LogP contribution < -0.4 is 0 Å². The number of hydrogen-bond donors (Lipinski definition) is 0. The van der Waals surface area contributed by atoms with Gasteiger partial charge in [-0.2, -0.15) is 0 Å². The Morgan fingerprint density at radius 2 is 1.67 bits per heavy atom. The number of nitrogens with zero attached hydrogens (tertiary/aromatic N) is 1. The first-order chi connectivity index (χ1) is 7.95. The number of fused-ring (bicyclic) bond motifs is 1. The van der Waals surface area contributed by atoms with Gasteiger partial charge in [0.15, 0.2) is 0 Å². The molecule has 0 atom stereocenters. The van der Waals surface area contributed by atoms with E-state index in [2.05, 4.69) is 23.2 Å².